The minimum Gasteiger partial charge on any atom is -0.388 e. The van der Waals surface area contributed by atoms with E-state index in [1.54, 1.807) is 13.1 Å². The summed E-state index contributed by atoms with van der Waals surface area (Å²) in [6.45, 7) is 2.07. The molecule has 0 radical (unpaired) electrons. The number of nitrogens with zero attached hydrogens (tertiary/aromatic N) is 2. The average molecular weight is 265 g/mol. The van der Waals surface area contributed by atoms with Crippen molar-refractivity contribution in [1.29, 1.82) is 0 Å². The molecule has 2 rings (SSSR count). The van der Waals surface area contributed by atoms with Crippen LogP contribution in [0.25, 0.3) is 0 Å². The molecule has 0 aromatic carbocycles. The van der Waals surface area contributed by atoms with Crippen LogP contribution in [0.2, 0.25) is 0 Å². The molecule has 1 aliphatic carbocycles. The molecule has 1 saturated carbocycles. The van der Waals surface area contributed by atoms with Gasteiger partial charge < -0.3 is 10.4 Å². The van der Waals surface area contributed by atoms with Crippen LogP contribution < -0.4 is 5.32 Å². The highest BCUT2D eigenvalue weighted by atomic mass is 16.6. The number of hydrogen-bond acceptors (Lipinski definition) is 5. The van der Waals surface area contributed by atoms with Crippen LogP contribution in [0.4, 0.5) is 11.5 Å². The highest BCUT2D eigenvalue weighted by Crippen LogP contribution is 2.29. The first-order valence-corrected chi connectivity index (χ1v) is 6.57. The first-order chi connectivity index (χ1) is 9.00. The maximum atomic E-state index is 11.0. The number of nitrogens with one attached hydrogen (secondary N) is 1. The van der Waals surface area contributed by atoms with Gasteiger partial charge in [-0.15, -0.1) is 0 Å². The minimum absolute atomic E-state index is 0.0422. The summed E-state index contributed by atoms with van der Waals surface area (Å²) in [5.41, 5.74) is -0.0633. The molecule has 0 aliphatic heterocycles. The Hall–Kier alpha value is -1.69. The van der Waals surface area contributed by atoms with Gasteiger partial charge in [0.15, 0.2) is 0 Å². The topological polar surface area (TPSA) is 88.3 Å². The van der Waals surface area contributed by atoms with E-state index in [0.29, 0.717) is 6.54 Å². The molecule has 1 heterocycles. The zero-order chi connectivity index (χ0) is 13.9. The highest BCUT2D eigenvalue weighted by molar-refractivity contribution is 5.56. The third-order valence-corrected chi connectivity index (χ3v) is 3.57. The molecule has 104 valence electrons. The van der Waals surface area contributed by atoms with Crippen LogP contribution in [0.3, 0.4) is 0 Å². The Balaban J connectivity index is 2.08. The van der Waals surface area contributed by atoms with Gasteiger partial charge >= 0.3 is 5.69 Å². The molecule has 6 nitrogen and oxygen atoms in total. The van der Waals surface area contributed by atoms with Crippen molar-refractivity contribution in [3.8, 4) is 0 Å². The van der Waals surface area contributed by atoms with Crippen LogP contribution in [0.1, 0.15) is 37.7 Å². The fourth-order valence-corrected chi connectivity index (χ4v) is 2.46. The van der Waals surface area contributed by atoms with Crippen molar-refractivity contribution in [2.45, 2.75) is 44.6 Å². The summed E-state index contributed by atoms with van der Waals surface area (Å²) in [5.74, 6) is 0.231. The second kappa shape index (κ2) is 5.52. The third kappa shape index (κ3) is 3.41. The second-order valence-electron chi connectivity index (χ2n) is 5.28. The number of nitro groups is 1. The Morgan fingerprint density at radius 2 is 2.16 bits per heavy atom. The predicted octanol–water partition coefficient (Wildman–Crippen LogP) is 2.41. The van der Waals surface area contributed by atoms with Crippen LogP contribution in [-0.2, 0) is 0 Å². The van der Waals surface area contributed by atoms with E-state index in [-0.39, 0.29) is 11.5 Å². The molecular formula is C13H19N3O3. The van der Waals surface area contributed by atoms with Gasteiger partial charge in [0, 0.05) is 18.8 Å². The predicted molar refractivity (Wildman–Crippen MR) is 72.2 cm³/mol. The zero-order valence-electron chi connectivity index (χ0n) is 11.1. The van der Waals surface area contributed by atoms with Gasteiger partial charge in [-0.25, -0.2) is 4.98 Å². The summed E-state index contributed by atoms with van der Waals surface area (Å²) in [5, 5.41) is 24.3. The molecule has 0 unspecified atom stereocenters. The third-order valence-electron chi connectivity index (χ3n) is 3.57. The quantitative estimate of drug-likeness (QED) is 0.644. The van der Waals surface area contributed by atoms with Crippen molar-refractivity contribution in [3.63, 3.8) is 0 Å². The Labute approximate surface area is 112 Å². The lowest BCUT2D eigenvalue weighted by molar-refractivity contribution is -0.384. The van der Waals surface area contributed by atoms with Gasteiger partial charge in [-0.1, -0.05) is 19.3 Å². The summed E-state index contributed by atoms with van der Waals surface area (Å²) in [7, 11) is 0. The Bertz CT molecular complexity index is 470. The molecule has 19 heavy (non-hydrogen) atoms. The largest absolute Gasteiger partial charge is 0.388 e. The monoisotopic (exact) mass is 265 g/mol. The Kier molecular flexibility index (Phi) is 3.99. The summed E-state index contributed by atoms with van der Waals surface area (Å²) >= 11 is 0. The average Bonchev–Trinajstić information content (AvgIpc) is 2.38. The van der Waals surface area contributed by atoms with Gasteiger partial charge in [0.25, 0.3) is 0 Å². The normalized spacial score (nSPS) is 18.0. The lowest BCUT2D eigenvalue weighted by atomic mass is 9.85. The number of aliphatic hydroxyl groups is 1. The smallest absolute Gasteiger partial charge is 0.311 e. The molecular weight excluding hydrogens is 246 g/mol. The molecule has 2 N–H and O–H groups in total. The Morgan fingerprint density at radius 1 is 1.47 bits per heavy atom. The molecule has 1 aromatic heterocycles. The summed E-state index contributed by atoms with van der Waals surface area (Å²) in [4.78, 5) is 14.6. The Morgan fingerprint density at radius 3 is 2.79 bits per heavy atom. The van der Waals surface area contributed by atoms with Gasteiger partial charge in [0.05, 0.1) is 10.5 Å². The van der Waals surface area contributed by atoms with Crippen LogP contribution in [0, 0.1) is 17.0 Å². The number of pyridine rings is 1. The SMILES string of the molecule is Cc1cnc(NCC2(O)CCCCC2)c([N+](=O)[O-])c1. The van der Waals surface area contributed by atoms with Crippen molar-refractivity contribution >= 4 is 11.5 Å². The van der Waals surface area contributed by atoms with Crippen molar-refractivity contribution in [2.75, 3.05) is 11.9 Å². The highest BCUT2D eigenvalue weighted by Gasteiger charge is 2.29. The first kappa shape index (κ1) is 13.7. The van der Waals surface area contributed by atoms with Crippen LogP contribution in [-0.4, -0.2) is 27.2 Å². The fourth-order valence-electron chi connectivity index (χ4n) is 2.46. The summed E-state index contributed by atoms with van der Waals surface area (Å²) in [6.07, 6.45) is 6.20. The maximum Gasteiger partial charge on any atom is 0.311 e. The van der Waals surface area contributed by atoms with Crippen molar-refractivity contribution in [1.82, 2.24) is 4.98 Å². The first-order valence-electron chi connectivity index (χ1n) is 6.57. The van der Waals surface area contributed by atoms with Gasteiger partial charge in [-0.3, -0.25) is 10.1 Å². The maximum absolute atomic E-state index is 11.0. The molecule has 1 aromatic rings. The number of anilines is 1. The van der Waals surface area contributed by atoms with Gasteiger partial charge in [0.1, 0.15) is 0 Å². The molecule has 0 bridgehead atoms. The molecule has 0 saturated heterocycles. The molecule has 1 fully saturated rings. The minimum atomic E-state index is -0.765. The fraction of sp³-hybridized carbons (Fsp3) is 0.615. The summed E-state index contributed by atoms with van der Waals surface area (Å²) in [6, 6.07) is 1.49. The zero-order valence-corrected chi connectivity index (χ0v) is 11.1. The van der Waals surface area contributed by atoms with Crippen LogP contribution >= 0.6 is 0 Å². The van der Waals surface area contributed by atoms with E-state index in [4.69, 9.17) is 0 Å². The number of hydrogen-bond donors (Lipinski definition) is 2. The summed E-state index contributed by atoms with van der Waals surface area (Å²) < 4.78 is 0. The van der Waals surface area contributed by atoms with E-state index < -0.39 is 10.5 Å². The second-order valence-corrected chi connectivity index (χ2v) is 5.28. The van der Waals surface area contributed by atoms with Crippen molar-refractivity contribution < 1.29 is 10.0 Å². The van der Waals surface area contributed by atoms with E-state index in [9.17, 15) is 15.2 Å². The van der Waals surface area contributed by atoms with E-state index in [1.165, 1.54) is 6.07 Å². The van der Waals surface area contributed by atoms with E-state index >= 15 is 0 Å². The lowest BCUT2D eigenvalue weighted by Gasteiger charge is -2.32. The van der Waals surface area contributed by atoms with Crippen molar-refractivity contribution in [3.05, 3.63) is 27.9 Å². The molecule has 1 aliphatic rings. The number of aromatic nitrogens is 1. The van der Waals surface area contributed by atoms with Gasteiger partial charge in [-0.2, -0.15) is 0 Å². The molecule has 0 atom stereocenters. The molecule has 6 heteroatoms. The number of rotatable bonds is 4. The standard InChI is InChI=1S/C13H19N3O3/c1-10-7-11(16(18)19)12(14-8-10)15-9-13(17)5-3-2-4-6-13/h7-8,17H,2-6,9H2,1H3,(H,14,15). The van der Waals surface area contributed by atoms with E-state index in [1.807, 2.05) is 0 Å². The molecule has 0 spiro atoms. The van der Waals surface area contributed by atoms with Crippen LogP contribution in [0.15, 0.2) is 12.3 Å². The molecule has 0 amide bonds. The lowest BCUT2D eigenvalue weighted by Crippen LogP contribution is -2.39. The van der Waals surface area contributed by atoms with E-state index in [0.717, 1.165) is 37.7 Å². The van der Waals surface area contributed by atoms with Gasteiger partial charge in [-0.05, 0) is 25.3 Å². The van der Waals surface area contributed by atoms with Crippen LogP contribution in [0.5, 0.6) is 0 Å². The van der Waals surface area contributed by atoms with Crippen molar-refractivity contribution in [2.24, 2.45) is 0 Å². The van der Waals surface area contributed by atoms with E-state index in [2.05, 4.69) is 10.3 Å². The van der Waals surface area contributed by atoms with Gasteiger partial charge in [0.2, 0.25) is 5.82 Å². The number of aryl methyl sites for hydroxylation is 1.